The van der Waals surface area contributed by atoms with Crippen LogP contribution < -0.4 is 9.47 Å². The average molecular weight is 326 g/mol. The Kier molecular flexibility index (Phi) is 5.19. The van der Waals surface area contributed by atoms with Crippen molar-refractivity contribution in [2.24, 2.45) is 0 Å². The topological polar surface area (TPSA) is 68.7 Å². The molecule has 0 aliphatic heterocycles. The van der Waals surface area contributed by atoms with Gasteiger partial charge in [-0.05, 0) is 12.1 Å². The number of hydrogen-bond acceptors (Lipinski definition) is 5. The average Bonchev–Trinajstić information content (AvgIpc) is 2.96. The van der Waals surface area contributed by atoms with E-state index < -0.39 is 5.97 Å². The maximum atomic E-state index is 10.7. The zero-order chi connectivity index (χ0) is 15.2. The number of carbonyl (C=O) groups is 1. The van der Waals surface area contributed by atoms with Crippen molar-refractivity contribution in [1.82, 2.24) is 4.98 Å². The number of aliphatic carboxylic acids is 1. The number of carboxylic acids is 1. The van der Waals surface area contributed by atoms with Crippen LogP contribution in [-0.2, 0) is 11.4 Å². The van der Waals surface area contributed by atoms with Gasteiger partial charge in [0.25, 0.3) is 0 Å². The van der Waals surface area contributed by atoms with Gasteiger partial charge in [0, 0.05) is 28.9 Å². The summed E-state index contributed by atoms with van der Waals surface area (Å²) in [7, 11) is 1.50. The second-order valence-corrected chi connectivity index (χ2v) is 5.36. The maximum absolute atomic E-state index is 10.7. The number of hydrogen-bond donors (Lipinski definition) is 1. The lowest BCUT2D eigenvalue weighted by Gasteiger charge is -2.13. The smallest absolute Gasteiger partial charge is 0.328 e. The third-order valence-electron chi connectivity index (χ3n) is 2.52. The molecule has 0 fully saturated rings. The van der Waals surface area contributed by atoms with Crippen LogP contribution in [0, 0.1) is 0 Å². The zero-order valence-electron chi connectivity index (χ0n) is 11.1. The highest BCUT2D eigenvalue weighted by Crippen LogP contribution is 2.36. The molecule has 110 valence electrons. The van der Waals surface area contributed by atoms with Crippen molar-refractivity contribution in [3.05, 3.63) is 45.4 Å². The number of ether oxygens (including phenoxy) is 2. The summed E-state index contributed by atoms with van der Waals surface area (Å²) in [5.74, 6) is -0.174. The van der Waals surface area contributed by atoms with E-state index in [1.807, 2.05) is 0 Å². The van der Waals surface area contributed by atoms with Crippen LogP contribution >= 0.6 is 22.9 Å². The lowest BCUT2D eigenvalue weighted by molar-refractivity contribution is -0.131. The van der Waals surface area contributed by atoms with Gasteiger partial charge < -0.3 is 14.6 Å². The van der Waals surface area contributed by atoms with Gasteiger partial charge in [-0.3, -0.25) is 4.98 Å². The SMILES string of the molecule is COc1cc(Cl)cc(/C=C/C(=O)O)c1OCc1cncs1. The quantitative estimate of drug-likeness (QED) is 0.823. The summed E-state index contributed by atoms with van der Waals surface area (Å²) in [6, 6.07) is 3.23. The van der Waals surface area contributed by atoms with E-state index in [1.165, 1.54) is 24.5 Å². The third kappa shape index (κ3) is 4.21. The predicted molar refractivity (Wildman–Crippen MR) is 81.1 cm³/mol. The summed E-state index contributed by atoms with van der Waals surface area (Å²) >= 11 is 7.46. The summed E-state index contributed by atoms with van der Waals surface area (Å²) < 4.78 is 11.0. The van der Waals surface area contributed by atoms with E-state index in [-0.39, 0.29) is 0 Å². The first-order chi connectivity index (χ1) is 10.1. The number of rotatable bonds is 6. The molecule has 0 saturated carbocycles. The molecule has 2 aromatic rings. The highest BCUT2D eigenvalue weighted by Gasteiger charge is 2.12. The Bertz CT molecular complexity index is 655. The summed E-state index contributed by atoms with van der Waals surface area (Å²) in [5, 5.41) is 9.18. The summed E-state index contributed by atoms with van der Waals surface area (Å²) in [4.78, 5) is 15.6. The van der Waals surface area contributed by atoms with Gasteiger partial charge in [0.1, 0.15) is 6.61 Å². The minimum Gasteiger partial charge on any atom is -0.493 e. The minimum absolute atomic E-state index is 0.316. The fourth-order valence-corrected chi connectivity index (χ4v) is 2.36. The molecule has 0 saturated heterocycles. The van der Waals surface area contributed by atoms with E-state index in [0.717, 1.165) is 11.0 Å². The summed E-state index contributed by atoms with van der Waals surface area (Å²) in [6.07, 6.45) is 4.14. The Balaban J connectivity index is 2.32. The molecule has 2 rings (SSSR count). The molecule has 0 amide bonds. The molecule has 1 N–H and O–H groups in total. The van der Waals surface area contributed by atoms with Crippen LogP contribution in [0.1, 0.15) is 10.4 Å². The van der Waals surface area contributed by atoms with Crippen LogP contribution in [0.4, 0.5) is 0 Å². The molecule has 0 radical (unpaired) electrons. The van der Waals surface area contributed by atoms with E-state index in [9.17, 15) is 4.79 Å². The largest absolute Gasteiger partial charge is 0.493 e. The van der Waals surface area contributed by atoms with Crippen molar-refractivity contribution in [3.63, 3.8) is 0 Å². The molecule has 1 heterocycles. The molecule has 0 aliphatic carbocycles. The Morgan fingerprint density at radius 1 is 1.52 bits per heavy atom. The number of aromatic nitrogens is 1. The normalized spacial score (nSPS) is 10.8. The van der Waals surface area contributed by atoms with Gasteiger partial charge in [0.2, 0.25) is 0 Å². The van der Waals surface area contributed by atoms with Gasteiger partial charge in [-0.2, -0.15) is 0 Å². The molecule has 0 aliphatic rings. The molecular weight excluding hydrogens is 314 g/mol. The Morgan fingerprint density at radius 2 is 2.33 bits per heavy atom. The standard InChI is InChI=1S/C14H12ClNO4S/c1-19-12-5-10(15)4-9(2-3-13(17)18)14(12)20-7-11-6-16-8-21-11/h2-6,8H,7H2,1H3,(H,17,18)/b3-2+. The number of benzene rings is 1. The van der Waals surface area contributed by atoms with Crippen LogP contribution in [0.2, 0.25) is 5.02 Å². The molecule has 0 bridgehead atoms. The van der Waals surface area contributed by atoms with E-state index in [4.69, 9.17) is 26.2 Å². The lowest BCUT2D eigenvalue weighted by Crippen LogP contribution is -1.99. The van der Waals surface area contributed by atoms with E-state index in [0.29, 0.717) is 28.7 Å². The molecule has 7 heteroatoms. The van der Waals surface area contributed by atoms with E-state index in [1.54, 1.807) is 23.8 Å². The first-order valence-corrected chi connectivity index (χ1v) is 7.14. The van der Waals surface area contributed by atoms with Crippen molar-refractivity contribution in [2.45, 2.75) is 6.61 Å². The van der Waals surface area contributed by atoms with E-state index in [2.05, 4.69) is 4.98 Å². The van der Waals surface area contributed by atoms with Crippen molar-refractivity contribution in [1.29, 1.82) is 0 Å². The van der Waals surface area contributed by atoms with Crippen LogP contribution in [-0.4, -0.2) is 23.2 Å². The second-order valence-electron chi connectivity index (χ2n) is 3.95. The highest BCUT2D eigenvalue weighted by molar-refractivity contribution is 7.09. The highest BCUT2D eigenvalue weighted by atomic mass is 35.5. The lowest BCUT2D eigenvalue weighted by atomic mass is 10.1. The molecular formula is C14H12ClNO4S. The molecule has 0 atom stereocenters. The minimum atomic E-state index is -1.05. The summed E-state index contributed by atoms with van der Waals surface area (Å²) in [5.41, 5.74) is 2.24. The molecule has 1 aromatic carbocycles. The molecule has 0 spiro atoms. The van der Waals surface area contributed by atoms with Crippen LogP contribution in [0.3, 0.4) is 0 Å². The fraction of sp³-hybridized carbons (Fsp3) is 0.143. The van der Waals surface area contributed by atoms with Gasteiger partial charge in [0.05, 0.1) is 17.5 Å². The predicted octanol–water partition coefficient (Wildman–Crippen LogP) is 3.48. The fourth-order valence-electron chi connectivity index (χ4n) is 1.64. The molecule has 5 nitrogen and oxygen atoms in total. The first-order valence-electron chi connectivity index (χ1n) is 5.89. The number of methoxy groups -OCH3 is 1. The van der Waals surface area contributed by atoms with Gasteiger partial charge >= 0.3 is 5.97 Å². The monoisotopic (exact) mass is 325 g/mol. The van der Waals surface area contributed by atoms with Crippen molar-refractivity contribution in [2.75, 3.05) is 7.11 Å². The molecule has 1 aromatic heterocycles. The van der Waals surface area contributed by atoms with Crippen molar-refractivity contribution < 1.29 is 19.4 Å². The van der Waals surface area contributed by atoms with Gasteiger partial charge in [-0.15, -0.1) is 11.3 Å². The first kappa shape index (κ1) is 15.3. The maximum Gasteiger partial charge on any atom is 0.328 e. The van der Waals surface area contributed by atoms with Crippen LogP contribution in [0.25, 0.3) is 6.08 Å². The van der Waals surface area contributed by atoms with Gasteiger partial charge in [-0.1, -0.05) is 11.6 Å². The van der Waals surface area contributed by atoms with E-state index >= 15 is 0 Å². The number of carboxylic acid groups (broad SMARTS) is 1. The molecule has 21 heavy (non-hydrogen) atoms. The van der Waals surface area contributed by atoms with Crippen molar-refractivity contribution in [3.8, 4) is 11.5 Å². The van der Waals surface area contributed by atoms with Crippen LogP contribution in [0.5, 0.6) is 11.5 Å². The summed E-state index contributed by atoms with van der Waals surface area (Å²) in [6.45, 7) is 0.316. The zero-order valence-corrected chi connectivity index (χ0v) is 12.6. The number of halogens is 1. The number of nitrogens with zero attached hydrogens (tertiary/aromatic N) is 1. The van der Waals surface area contributed by atoms with Gasteiger partial charge in [0.15, 0.2) is 11.5 Å². The van der Waals surface area contributed by atoms with Gasteiger partial charge in [-0.25, -0.2) is 4.79 Å². The molecule has 0 unspecified atom stereocenters. The Morgan fingerprint density at radius 3 is 2.95 bits per heavy atom. The van der Waals surface area contributed by atoms with Crippen LogP contribution in [0.15, 0.2) is 29.9 Å². The Labute approximate surface area is 130 Å². The Hall–Kier alpha value is -2.05. The van der Waals surface area contributed by atoms with Crippen molar-refractivity contribution >= 4 is 35.0 Å². The number of thiazole rings is 1. The second kappa shape index (κ2) is 7.10. The third-order valence-corrected chi connectivity index (χ3v) is 3.49.